The second-order valence-electron chi connectivity index (χ2n) is 7.53. The molecule has 2 N–H and O–H groups in total. The number of guanidine groups is 1. The SMILES string of the molecule is CCNC(=NCc1ccccc1CN(C)Cc1ccco1)NCC(C)(C)SC.I. The number of rotatable bonds is 10. The molecule has 2 rings (SSSR count). The number of hydrogen-bond donors (Lipinski definition) is 2. The first-order chi connectivity index (χ1) is 13.4. The van der Waals surface area contributed by atoms with Crippen molar-refractivity contribution in [3.05, 3.63) is 59.5 Å². The molecule has 0 bridgehead atoms. The van der Waals surface area contributed by atoms with Crippen molar-refractivity contribution in [3.8, 4) is 0 Å². The van der Waals surface area contributed by atoms with Crippen molar-refractivity contribution >= 4 is 41.7 Å². The smallest absolute Gasteiger partial charge is 0.191 e. The summed E-state index contributed by atoms with van der Waals surface area (Å²) < 4.78 is 5.63. The number of nitrogens with one attached hydrogen (secondary N) is 2. The lowest BCUT2D eigenvalue weighted by atomic mass is 10.1. The Bertz CT molecular complexity index is 734. The summed E-state index contributed by atoms with van der Waals surface area (Å²) in [4.78, 5) is 7.07. The van der Waals surface area contributed by atoms with E-state index in [1.165, 1.54) is 11.1 Å². The molecule has 0 unspecified atom stereocenters. The van der Waals surface area contributed by atoms with Gasteiger partial charge < -0.3 is 15.1 Å². The molecule has 0 fully saturated rings. The zero-order valence-corrected chi connectivity index (χ0v) is 21.3. The van der Waals surface area contributed by atoms with Gasteiger partial charge in [0.1, 0.15) is 5.76 Å². The van der Waals surface area contributed by atoms with E-state index in [1.807, 2.05) is 23.9 Å². The van der Waals surface area contributed by atoms with Gasteiger partial charge in [-0.3, -0.25) is 4.90 Å². The van der Waals surface area contributed by atoms with Crippen LogP contribution in [0.4, 0.5) is 0 Å². The average molecular weight is 531 g/mol. The van der Waals surface area contributed by atoms with E-state index in [4.69, 9.17) is 9.41 Å². The number of nitrogens with zero attached hydrogens (tertiary/aromatic N) is 2. The van der Waals surface area contributed by atoms with Crippen molar-refractivity contribution in [2.75, 3.05) is 26.4 Å². The first-order valence-electron chi connectivity index (χ1n) is 9.78. The van der Waals surface area contributed by atoms with Crippen molar-refractivity contribution in [3.63, 3.8) is 0 Å². The van der Waals surface area contributed by atoms with E-state index < -0.39 is 0 Å². The lowest BCUT2D eigenvalue weighted by Gasteiger charge is -2.24. The van der Waals surface area contributed by atoms with Gasteiger partial charge in [0.25, 0.3) is 0 Å². The minimum atomic E-state index is 0. The first kappa shape index (κ1) is 25.8. The van der Waals surface area contributed by atoms with Gasteiger partial charge in [0, 0.05) is 24.4 Å². The largest absolute Gasteiger partial charge is 0.468 e. The van der Waals surface area contributed by atoms with Gasteiger partial charge in [-0.05, 0) is 57.3 Å². The van der Waals surface area contributed by atoms with Crippen LogP contribution in [0.5, 0.6) is 0 Å². The molecule has 0 spiro atoms. The second-order valence-corrected chi connectivity index (χ2v) is 9.05. The van der Waals surface area contributed by atoms with Crippen LogP contribution in [0.25, 0.3) is 0 Å². The van der Waals surface area contributed by atoms with Crippen LogP contribution in [0.3, 0.4) is 0 Å². The number of hydrogen-bond acceptors (Lipinski definition) is 4. The Morgan fingerprint density at radius 1 is 1.10 bits per heavy atom. The van der Waals surface area contributed by atoms with Crippen molar-refractivity contribution < 1.29 is 4.42 Å². The molecule has 7 heteroatoms. The number of halogens is 1. The second kappa shape index (κ2) is 13.2. The van der Waals surface area contributed by atoms with Crippen molar-refractivity contribution in [1.29, 1.82) is 0 Å². The molecule has 0 atom stereocenters. The Labute approximate surface area is 197 Å². The average Bonchev–Trinajstić information content (AvgIpc) is 3.18. The van der Waals surface area contributed by atoms with Crippen molar-refractivity contribution in [2.45, 2.75) is 45.2 Å². The maximum Gasteiger partial charge on any atom is 0.191 e. The van der Waals surface area contributed by atoms with Gasteiger partial charge >= 0.3 is 0 Å². The zero-order valence-electron chi connectivity index (χ0n) is 18.2. The van der Waals surface area contributed by atoms with Crippen molar-refractivity contribution in [1.82, 2.24) is 15.5 Å². The topological polar surface area (TPSA) is 52.8 Å². The van der Waals surface area contributed by atoms with Crippen LogP contribution >= 0.6 is 35.7 Å². The Morgan fingerprint density at radius 2 is 1.83 bits per heavy atom. The van der Waals surface area contributed by atoms with Gasteiger partial charge in [-0.2, -0.15) is 11.8 Å². The molecule has 0 saturated heterocycles. The molecule has 29 heavy (non-hydrogen) atoms. The fourth-order valence-corrected chi connectivity index (χ4v) is 2.97. The Kier molecular flexibility index (Phi) is 11.7. The third-order valence-corrected chi connectivity index (χ3v) is 5.80. The number of furan rings is 1. The standard InChI is InChI=1S/C22H34N4OS.HI/c1-6-23-21(25-17-22(2,3)28-5)24-14-18-10-7-8-11-19(18)15-26(4)16-20-12-9-13-27-20;/h7-13H,6,14-17H2,1-5H3,(H2,23,24,25);1H. The molecule has 1 heterocycles. The predicted octanol–water partition coefficient (Wildman–Crippen LogP) is 4.73. The van der Waals surface area contributed by atoms with Gasteiger partial charge in [0.05, 0.1) is 19.4 Å². The molecule has 0 aliphatic carbocycles. The summed E-state index contributed by atoms with van der Waals surface area (Å²) in [6.45, 7) is 10.6. The van der Waals surface area contributed by atoms with Gasteiger partial charge in [0.2, 0.25) is 0 Å². The highest BCUT2D eigenvalue weighted by atomic mass is 127. The summed E-state index contributed by atoms with van der Waals surface area (Å²) in [5.41, 5.74) is 2.54. The van der Waals surface area contributed by atoms with Crippen molar-refractivity contribution in [2.24, 2.45) is 4.99 Å². The van der Waals surface area contributed by atoms with Gasteiger partial charge in [-0.15, -0.1) is 24.0 Å². The zero-order chi connectivity index (χ0) is 20.4. The maximum absolute atomic E-state index is 5.46. The van der Waals surface area contributed by atoms with Crippen LogP contribution < -0.4 is 10.6 Å². The lowest BCUT2D eigenvalue weighted by Crippen LogP contribution is -2.43. The molecule has 0 radical (unpaired) electrons. The van der Waals surface area contributed by atoms with Crippen LogP contribution in [0.15, 0.2) is 52.1 Å². The van der Waals surface area contributed by atoms with E-state index in [1.54, 1.807) is 6.26 Å². The molecule has 162 valence electrons. The first-order valence-corrected chi connectivity index (χ1v) is 11.0. The quantitative estimate of drug-likeness (QED) is 0.265. The summed E-state index contributed by atoms with van der Waals surface area (Å²) in [5.74, 6) is 1.84. The van der Waals surface area contributed by atoms with E-state index in [9.17, 15) is 0 Å². The molecule has 0 aliphatic heterocycles. The fourth-order valence-electron chi connectivity index (χ4n) is 2.76. The molecular formula is C22H35IN4OS. The molecule has 2 aromatic rings. The highest BCUT2D eigenvalue weighted by molar-refractivity contribution is 14.0. The van der Waals surface area contributed by atoms with E-state index in [0.717, 1.165) is 37.9 Å². The van der Waals surface area contributed by atoms with Crippen LogP contribution in [-0.2, 0) is 19.6 Å². The number of aliphatic imine (C=N–C) groups is 1. The Balaban J connectivity index is 0.00000420. The molecule has 5 nitrogen and oxygen atoms in total. The molecule has 1 aromatic carbocycles. The van der Waals surface area contributed by atoms with E-state index in [-0.39, 0.29) is 28.7 Å². The van der Waals surface area contributed by atoms with Crippen LogP contribution in [-0.4, -0.2) is 42.0 Å². The highest BCUT2D eigenvalue weighted by Gasteiger charge is 2.16. The number of thioether (sulfide) groups is 1. The summed E-state index contributed by atoms with van der Waals surface area (Å²) >= 11 is 1.85. The van der Waals surface area contributed by atoms with Gasteiger partial charge in [-0.25, -0.2) is 4.99 Å². The highest BCUT2D eigenvalue weighted by Crippen LogP contribution is 2.19. The summed E-state index contributed by atoms with van der Waals surface area (Å²) in [7, 11) is 2.11. The fraction of sp³-hybridized carbons (Fsp3) is 0.500. The Hall–Kier alpha value is -1.19. The van der Waals surface area contributed by atoms with E-state index in [0.29, 0.717) is 6.54 Å². The van der Waals surface area contributed by atoms with Crippen LogP contribution in [0.2, 0.25) is 0 Å². The van der Waals surface area contributed by atoms with Crippen LogP contribution in [0, 0.1) is 0 Å². The summed E-state index contributed by atoms with van der Waals surface area (Å²) in [6, 6.07) is 12.5. The van der Waals surface area contributed by atoms with E-state index in [2.05, 4.69) is 73.9 Å². The number of benzene rings is 1. The summed E-state index contributed by atoms with van der Waals surface area (Å²) in [6.07, 6.45) is 3.86. The lowest BCUT2D eigenvalue weighted by molar-refractivity contribution is 0.287. The van der Waals surface area contributed by atoms with Gasteiger partial charge in [-0.1, -0.05) is 24.3 Å². The van der Waals surface area contributed by atoms with Crippen LogP contribution in [0.1, 0.15) is 37.7 Å². The predicted molar refractivity (Wildman–Crippen MR) is 136 cm³/mol. The normalized spacial score (nSPS) is 12.0. The molecule has 0 saturated carbocycles. The minimum absolute atomic E-state index is 0. The van der Waals surface area contributed by atoms with Gasteiger partial charge in [0.15, 0.2) is 5.96 Å². The monoisotopic (exact) mass is 530 g/mol. The van der Waals surface area contributed by atoms with E-state index >= 15 is 0 Å². The third kappa shape index (κ3) is 9.44. The Morgan fingerprint density at radius 3 is 2.45 bits per heavy atom. The molecular weight excluding hydrogens is 495 g/mol. The summed E-state index contributed by atoms with van der Waals surface area (Å²) in [5, 5.41) is 6.81. The molecule has 1 aromatic heterocycles. The third-order valence-electron chi connectivity index (χ3n) is 4.55. The molecule has 0 amide bonds. The minimum Gasteiger partial charge on any atom is -0.468 e. The molecule has 0 aliphatic rings. The maximum atomic E-state index is 5.46.